The Morgan fingerprint density at radius 3 is 2.80 bits per heavy atom. The fourth-order valence-corrected chi connectivity index (χ4v) is 1.46. The minimum absolute atomic E-state index is 0.163. The van der Waals surface area contributed by atoms with Gasteiger partial charge in [-0.3, -0.25) is 10.1 Å². The molecule has 2 rings (SSSR count). The molecule has 1 fully saturated rings. The molecule has 0 aliphatic heterocycles. The van der Waals surface area contributed by atoms with Crippen molar-refractivity contribution < 1.29 is 9.66 Å². The molecular formula is C11H13NO3. The second-order valence-corrected chi connectivity index (χ2v) is 3.72. The molecule has 1 aliphatic rings. The number of nitro groups is 1. The van der Waals surface area contributed by atoms with Gasteiger partial charge in [0.25, 0.3) is 5.69 Å². The normalized spacial score (nSPS) is 15.0. The van der Waals surface area contributed by atoms with Gasteiger partial charge in [-0.2, -0.15) is 0 Å². The first kappa shape index (κ1) is 9.96. The van der Waals surface area contributed by atoms with E-state index in [0.717, 1.165) is 18.4 Å². The molecular weight excluding hydrogens is 194 g/mol. The highest BCUT2D eigenvalue weighted by Crippen LogP contribution is 2.30. The number of hydrogen-bond acceptors (Lipinski definition) is 3. The van der Waals surface area contributed by atoms with Crippen LogP contribution in [0.4, 0.5) is 5.69 Å². The number of nitro benzene ring substituents is 1. The van der Waals surface area contributed by atoms with E-state index in [1.807, 2.05) is 13.0 Å². The van der Waals surface area contributed by atoms with Gasteiger partial charge in [0.1, 0.15) is 5.75 Å². The van der Waals surface area contributed by atoms with Crippen LogP contribution in [0.3, 0.4) is 0 Å². The summed E-state index contributed by atoms with van der Waals surface area (Å²) in [7, 11) is 0. The maximum absolute atomic E-state index is 10.8. The van der Waals surface area contributed by atoms with Gasteiger partial charge in [0.2, 0.25) is 0 Å². The summed E-state index contributed by atoms with van der Waals surface area (Å²) in [4.78, 5) is 10.4. The van der Waals surface area contributed by atoms with Crippen molar-refractivity contribution in [2.45, 2.75) is 32.3 Å². The van der Waals surface area contributed by atoms with E-state index in [-0.39, 0.29) is 16.7 Å². The molecule has 1 aromatic rings. The Kier molecular flexibility index (Phi) is 2.58. The van der Waals surface area contributed by atoms with E-state index in [4.69, 9.17) is 4.74 Å². The molecule has 1 aliphatic carbocycles. The van der Waals surface area contributed by atoms with Crippen molar-refractivity contribution in [1.29, 1.82) is 0 Å². The van der Waals surface area contributed by atoms with Gasteiger partial charge in [-0.05, 0) is 31.4 Å². The summed E-state index contributed by atoms with van der Waals surface area (Å²) in [5, 5.41) is 10.8. The maximum atomic E-state index is 10.8. The predicted octanol–water partition coefficient (Wildman–Crippen LogP) is 2.70. The average Bonchev–Trinajstić information content (AvgIpc) is 3.01. The number of hydrogen-bond donors (Lipinski definition) is 0. The lowest BCUT2D eigenvalue weighted by atomic mass is 10.1. The summed E-state index contributed by atoms with van der Waals surface area (Å²) in [5.74, 6) is 0.612. The summed E-state index contributed by atoms with van der Waals surface area (Å²) in [5.41, 5.74) is 0.916. The third kappa shape index (κ3) is 2.26. The molecule has 0 unspecified atom stereocenters. The number of aryl methyl sites for hydroxylation is 1. The van der Waals surface area contributed by atoms with Crippen LogP contribution in [-0.4, -0.2) is 11.0 Å². The van der Waals surface area contributed by atoms with Crippen LogP contribution in [0, 0.1) is 10.1 Å². The zero-order chi connectivity index (χ0) is 10.8. The molecule has 4 heteroatoms. The second-order valence-electron chi connectivity index (χ2n) is 3.72. The zero-order valence-corrected chi connectivity index (χ0v) is 8.60. The number of benzene rings is 1. The molecule has 15 heavy (non-hydrogen) atoms. The van der Waals surface area contributed by atoms with Gasteiger partial charge in [-0.15, -0.1) is 0 Å². The first-order valence-electron chi connectivity index (χ1n) is 5.14. The molecule has 0 spiro atoms. The highest BCUT2D eigenvalue weighted by Gasteiger charge is 2.24. The van der Waals surface area contributed by atoms with Crippen molar-refractivity contribution in [3.63, 3.8) is 0 Å². The van der Waals surface area contributed by atoms with E-state index in [1.165, 1.54) is 6.07 Å². The Labute approximate surface area is 88.0 Å². The maximum Gasteiger partial charge on any atom is 0.276 e. The highest BCUT2D eigenvalue weighted by molar-refractivity contribution is 5.46. The van der Waals surface area contributed by atoms with Gasteiger partial charge in [0.05, 0.1) is 17.1 Å². The van der Waals surface area contributed by atoms with Crippen LogP contribution in [0.25, 0.3) is 0 Å². The molecule has 0 heterocycles. The lowest BCUT2D eigenvalue weighted by molar-refractivity contribution is -0.385. The van der Waals surface area contributed by atoms with Crippen LogP contribution in [0.2, 0.25) is 0 Å². The van der Waals surface area contributed by atoms with Crippen molar-refractivity contribution in [2.24, 2.45) is 0 Å². The highest BCUT2D eigenvalue weighted by atomic mass is 16.6. The van der Waals surface area contributed by atoms with Crippen LogP contribution in [0.1, 0.15) is 25.3 Å². The first-order valence-corrected chi connectivity index (χ1v) is 5.14. The smallest absolute Gasteiger partial charge is 0.276 e. The van der Waals surface area contributed by atoms with Gasteiger partial charge < -0.3 is 4.74 Å². The van der Waals surface area contributed by atoms with Crippen molar-refractivity contribution >= 4 is 5.69 Å². The Balaban J connectivity index is 2.26. The zero-order valence-electron chi connectivity index (χ0n) is 8.60. The van der Waals surface area contributed by atoms with Gasteiger partial charge in [0, 0.05) is 5.56 Å². The average molecular weight is 207 g/mol. The molecule has 4 nitrogen and oxygen atoms in total. The van der Waals surface area contributed by atoms with Crippen molar-refractivity contribution in [2.75, 3.05) is 0 Å². The van der Waals surface area contributed by atoms with Crippen LogP contribution in [-0.2, 0) is 6.42 Å². The predicted molar refractivity (Wildman–Crippen MR) is 56.1 cm³/mol. The molecule has 1 aromatic carbocycles. The summed E-state index contributed by atoms with van der Waals surface area (Å²) in [6, 6.07) is 5.11. The van der Waals surface area contributed by atoms with Gasteiger partial charge in [0.15, 0.2) is 0 Å². The monoisotopic (exact) mass is 207 g/mol. The van der Waals surface area contributed by atoms with E-state index in [0.29, 0.717) is 12.2 Å². The fourth-order valence-electron chi connectivity index (χ4n) is 1.46. The van der Waals surface area contributed by atoms with E-state index < -0.39 is 0 Å². The Morgan fingerprint density at radius 2 is 2.27 bits per heavy atom. The third-order valence-corrected chi connectivity index (χ3v) is 2.46. The second kappa shape index (κ2) is 3.88. The van der Waals surface area contributed by atoms with Gasteiger partial charge >= 0.3 is 0 Å². The van der Waals surface area contributed by atoms with Crippen LogP contribution < -0.4 is 4.74 Å². The summed E-state index contributed by atoms with van der Waals surface area (Å²) in [6.07, 6.45) is 3.06. The molecule has 0 saturated heterocycles. The largest absolute Gasteiger partial charge is 0.490 e. The molecule has 0 amide bonds. The SMILES string of the molecule is CCc1ccc(OC2CC2)cc1[N+](=O)[O-]. The van der Waals surface area contributed by atoms with E-state index in [9.17, 15) is 10.1 Å². The summed E-state index contributed by atoms with van der Waals surface area (Å²) < 4.78 is 5.51. The van der Waals surface area contributed by atoms with Crippen LogP contribution >= 0.6 is 0 Å². The van der Waals surface area contributed by atoms with Crippen molar-refractivity contribution in [1.82, 2.24) is 0 Å². The van der Waals surface area contributed by atoms with Gasteiger partial charge in [-0.1, -0.05) is 6.92 Å². The molecule has 1 saturated carbocycles. The summed E-state index contributed by atoms with van der Waals surface area (Å²) in [6.45, 7) is 1.91. The Morgan fingerprint density at radius 1 is 1.53 bits per heavy atom. The van der Waals surface area contributed by atoms with E-state index in [2.05, 4.69) is 0 Å². The topological polar surface area (TPSA) is 52.4 Å². The number of rotatable bonds is 4. The van der Waals surface area contributed by atoms with Crippen LogP contribution in [0.5, 0.6) is 5.75 Å². The molecule has 0 aromatic heterocycles. The standard InChI is InChI=1S/C11H13NO3/c1-2-8-3-4-10(15-9-5-6-9)7-11(8)12(13)14/h3-4,7,9H,2,5-6H2,1H3. The fraction of sp³-hybridized carbons (Fsp3) is 0.455. The minimum Gasteiger partial charge on any atom is -0.490 e. The minimum atomic E-state index is -0.349. The molecule has 0 bridgehead atoms. The molecule has 80 valence electrons. The number of ether oxygens (including phenoxy) is 1. The lowest BCUT2D eigenvalue weighted by Gasteiger charge is -2.05. The lowest BCUT2D eigenvalue weighted by Crippen LogP contribution is -1.99. The van der Waals surface area contributed by atoms with Crippen molar-refractivity contribution in [3.05, 3.63) is 33.9 Å². The molecule has 0 N–H and O–H groups in total. The van der Waals surface area contributed by atoms with E-state index >= 15 is 0 Å². The summed E-state index contributed by atoms with van der Waals surface area (Å²) >= 11 is 0. The van der Waals surface area contributed by atoms with E-state index in [1.54, 1.807) is 6.07 Å². The molecule has 0 atom stereocenters. The van der Waals surface area contributed by atoms with Crippen LogP contribution in [0.15, 0.2) is 18.2 Å². The Bertz CT molecular complexity index is 385. The number of nitrogens with zero attached hydrogens (tertiary/aromatic N) is 1. The van der Waals surface area contributed by atoms with Gasteiger partial charge in [-0.25, -0.2) is 0 Å². The Hall–Kier alpha value is -1.58. The molecule has 0 radical (unpaired) electrons. The third-order valence-electron chi connectivity index (χ3n) is 2.46. The quantitative estimate of drug-likeness (QED) is 0.563. The van der Waals surface area contributed by atoms with Crippen molar-refractivity contribution in [3.8, 4) is 5.75 Å². The first-order chi connectivity index (χ1) is 7.20.